The Morgan fingerprint density at radius 1 is 0.929 bits per heavy atom. The maximum Gasteiger partial charge on any atom is 0.273 e. The van der Waals surface area contributed by atoms with Gasteiger partial charge in [-0.25, -0.2) is 5.01 Å². The zero-order valence-electron chi connectivity index (χ0n) is 15.0. The lowest BCUT2D eigenvalue weighted by Gasteiger charge is -2.30. The maximum atomic E-state index is 13.2. The predicted molar refractivity (Wildman–Crippen MR) is 107 cm³/mol. The summed E-state index contributed by atoms with van der Waals surface area (Å²) in [7, 11) is 0. The maximum absolute atomic E-state index is 13.2. The van der Waals surface area contributed by atoms with E-state index >= 15 is 0 Å². The van der Waals surface area contributed by atoms with Crippen LogP contribution in [0, 0.1) is 0 Å². The van der Waals surface area contributed by atoms with Crippen LogP contribution in [0.25, 0.3) is 0 Å². The first kappa shape index (κ1) is 17.6. The van der Waals surface area contributed by atoms with E-state index in [2.05, 4.69) is 10.7 Å². The summed E-state index contributed by atoms with van der Waals surface area (Å²) in [6.07, 6.45) is 0. The molecule has 1 aliphatic rings. The number of ether oxygens (including phenoxy) is 1. The molecule has 0 saturated carbocycles. The van der Waals surface area contributed by atoms with E-state index < -0.39 is 6.04 Å². The Morgan fingerprint density at radius 2 is 1.57 bits per heavy atom. The topological polar surface area (TPSA) is 70.7 Å². The third-order valence-corrected chi connectivity index (χ3v) is 4.42. The van der Waals surface area contributed by atoms with Crippen LogP contribution in [0.1, 0.15) is 10.4 Å². The Labute approximate surface area is 162 Å². The first-order valence-corrected chi connectivity index (χ1v) is 8.95. The van der Waals surface area contributed by atoms with Crippen LogP contribution in [0.3, 0.4) is 0 Å². The van der Waals surface area contributed by atoms with Gasteiger partial charge in [-0.05, 0) is 36.4 Å². The quantitative estimate of drug-likeness (QED) is 0.686. The highest BCUT2D eigenvalue weighted by atomic mass is 16.5. The van der Waals surface area contributed by atoms with Gasteiger partial charge in [0.05, 0.1) is 11.4 Å². The second-order valence-corrected chi connectivity index (χ2v) is 6.33. The number of nitrogens with one attached hydrogen (secondary N) is 2. The summed E-state index contributed by atoms with van der Waals surface area (Å²) in [6.45, 7) is 0.0290. The number of anilines is 2. The first-order chi connectivity index (χ1) is 13.7. The van der Waals surface area contributed by atoms with Crippen molar-refractivity contribution in [2.24, 2.45) is 0 Å². The molecule has 0 fully saturated rings. The van der Waals surface area contributed by atoms with E-state index in [0.717, 1.165) is 0 Å². The van der Waals surface area contributed by atoms with Gasteiger partial charge in [0.15, 0.2) is 6.04 Å². The number of hydrazine groups is 1. The fourth-order valence-electron chi connectivity index (χ4n) is 2.99. The molecule has 0 aliphatic carbocycles. The molecule has 1 atom stereocenters. The van der Waals surface area contributed by atoms with E-state index in [1.165, 1.54) is 5.01 Å². The van der Waals surface area contributed by atoms with Gasteiger partial charge in [-0.2, -0.15) is 0 Å². The number of carbonyl (C=O) groups is 2. The fraction of sp³-hybridized carbons (Fsp3) is 0.0909. The largest absolute Gasteiger partial charge is 0.489 e. The average Bonchev–Trinajstić information content (AvgIpc) is 2.91. The average molecular weight is 373 g/mol. The van der Waals surface area contributed by atoms with Gasteiger partial charge in [0.25, 0.3) is 11.8 Å². The van der Waals surface area contributed by atoms with Crippen LogP contribution in [-0.2, 0) is 4.79 Å². The molecule has 0 unspecified atom stereocenters. The number of fused-ring (bicyclic) bond motifs is 1. The Morgan fingerprint density at radius 3 is 2.32 bits per heavy atom. The van der Waals surface area contributed by atoms with Crippen LogP contribution >= 0.6 is 0 Å². The van der Waals surface area contributed by atoms with Crippen molar-refractivity contribution >= 4 is 23.2 Å². The van der Waals surface area contributed by atoms with E-state index in [0.29, 0.717) is 22.7 Å². The van der Waals surface area contributed by atoms with Crippen molar-refractivity contribution in [3.8, 4) is 5.75 Å². The second-order valence-electron chi connectivity index (χ2n) is 6.33. The molecule has 1 heterocycles. The minimum absolute atomic E-state index is 0.0290. The molecule has 2 amide bonds. The molecule has 1 aliphatic heterocycles. The summed E-state index contributed by atoms with van der Waals surface area (Å²) in [5.74, 6) is -0.0676. The molecule has 4 rings (SSSR count). The Kier molecular flexibility index (Phi) is 4.93. The van der Waals surface area contributed by atoms with Gasteiger partial charge in [-0.15, -0.1) is 0 Å². The number of hydrogen-bond acceptors (Lipinski definition) is 4. The SMILES string of the molecule is O=C1Nc2ccccc2OC[C@@H]1N(Nc1ccccc1)C(=O)c1ccccc1. The number of rotatable bonds is 4. The van der Waals surface area contributed by atoms with Gasteiger partial charge in [0, 0.05) is 5.56 Å². The molecular formula is C22H19N3O3. The van der Waals surface area contributed by atoms with E-state index in [9.17, 15) is 9.59 Å². The van der Waals surface area contributed by atoms with E-state index in [-0.39, 0.29) is 18.4 Å². The van der Waals surface area contributed by atoms with E-state index in [4.69, 9.17) is 4.74 Å². The minimum Gasteiger partial charge on any atom is -0.489 e. The Bertz CT molecular complexity index is 977. The molecule has 2 N–H and O–H groups in total. The molecule has 0 spiro atoms. The van der Waals surface area contributed by atoms with Gasteiger partial charge in [0.1, 0.15) is 12.4 Å². The lowest BCUT2D eigenvalue weighted by molar-refractivity contribution is -0.120. The number of carbonyl (C=O) groups excluding carboxylic acids is 2. The molecule has 6 nitrogen and oxygen atoms in total. The van der Waals surface area contributed by atoms with Crippen molar-refractivity contribution in [1.29, 1.82) is 0 Å². The molecular weight excluding hydrogens is 354 g/mol. The third-order valence-electron chi connectivity index (χ3n) is 4.42. The minimum atomic E-state index is -0.861. The van der Waals surface area contributed by atoms with Crippen LogP contribution < -0.4 is 15.5 Å². The van der Waals surface area contributed by atoms with Crippen molar-refractivity contribution < 1.29 is 14.3 Å². The second kappa shape index (κ2) is 7.84. The highest BCUT2D eigenvalue weighted by Gasteiger charge is 2.34. The third kappa shape index (κ3) is 3.66. The predicted octanol–water partition coefficient (Wildman–Crippen LogP) is 3.56. The highest BCUT2D eigenvalue weighted by Crippen LogP contribution is 2.27. The molecule has 0 aromatic heterocycles. The molecule has 28 heavy (non-hydrogen) atoms. The number of benzene rings is 3. The Balaban J connectivity index is 1.66. The fourth-order valence-corrected chi connectivity index (χ4v) is 2.99. The van der Waals surface area contributed by atoms with Gasteiger partial charge in [-0.1, -0.05) is 48.5 Å². The van der Waals surface area contributed by atoms with Crippen LogP contribution in [0.2, 0.25) is 0 Å². The summed E-state index contributed by atoms with van der Waals surface area (Å²) in [4.78, 5) is 26.1. The number of hydrogen-bond donors (Lipinski definition) is 2. The van der Waals surface area contributed by atoms with E-state index in [1.807, 2.05) is 48.5 Å². The molecule has 3 aromatic carbocycles. The number of nitrogens with zero attached hydrogens (tertiary/aromatic N) is 1. The normalized spacial score (nSPS) is 15.4. The standard InChI is InChI=1S/C22H19N3O3/c26-21-19(15-28-20-14-8-7-13-18(20)23-21)25(24-17-11-5-2-6-12-17)22(27)16-9-3-1-4-10-16/h1-14,19,24H,15H2,(H,23,26)/t19-/m0/s1. The number of amides is 2. The van der Waals surface area contributed by atoms with Crippen molar-refractivity contribution in [2.75, 3.05) is 17.3 Å². The first-order valence-electron chi connectivity index (χ1n) is 8.95. The summed E-state index contributed by atoms with van der Waals surface area (Å²) in [5, 5.41) is 4.17. The van der Waals surface area contributed by atoms with Crippen LogP contribution in [0.5, 0.6) is 5.75 Å². The number of para-hydroxylation sites is 3. The van der Waals surface area contributed by atoms with Gasteiger partial charge in [-0.3, -0.25) is 15.0 Å². The summed E-state index contributed by atoms with van der Waals surface area (Å²) >= 11 is 0. The smallest absolute Gasteiger partial charge is 0.273 e. The molecule has 0 radical (unpaired) electrons. The van der Waals surface area contributed by atoms with Crippen LogP contribution in [0.15, 0.2) is 84.9 Å². The summed E-state index contributed by atoms with van der Waals surface area (Å²) in [6, 6.07) is 24.4. The van der Waals surface area contributed by atoms with Crippen molar-refractivity contribution in [2.45, 2.75) is 6.04 Å². The van der Waals surface area contributed by atoms with Crippen molar-refractivity contribution in [3.05, 3.63) is 90.5 Å². The highest BCUT2D eigenvalue weighted by molar-refractivity contribution is 6.02. The molecule has 3 aromatic rings. The van der Waals surface area contributed by atoms with Gasteiger partial charge >= 0.3 is 0 Å². The van der Waals surface area contributed by atoms with Gasteiger partial charge < -0.3 is 10.1 Å². The zero-order valence-corrected chi connectivity index (χ0v) is 15.0. The van der Waals surface area contributed by atoms with Crippen LogP contribution in [-0.4, -0.2) is 29.5 Å². The summed E-state index contributed by atoms with van der Waals surface area (Å²) in [5.41, 5.74) is 4.83. The monoisotopic (exact) mass is 373 g/mol. The molecule has 0 saturated heterocycles. The lowest BCUT2D eigenvalue weighted by Crippen LogP contribution is -2.52. The zero-order chi connectivity index (χ0) is 19.3. The van der Waals surface area contributed by atoms with Crippen molar-refractivity contribution in [3.63, 3.8) is 0 Å². The molecule has 6 heteroatoms. The van der Waals surface area contributed by atoms with E-state index in [1.54, 1.807) is 36.4 Å². The van der Waals surface area contributed by atoms with Crippen molar-refractivity contribution in [1.82, 2.24) is 5.01 Å². The Hall–Kier alpha value is -3.80. The molecule has 0 bridgehead atoms. The summed E-state index contributed by atoms with van der Waals surface area (Å²) < 4.78 is 5.82. The van der Waals surface area contributed by atoms with Crippen LogP contribution in [0.4, 0.5) is 11.4 Å². The van der Waals surface area contributed by atoms with Gasteiger partial charge in [0.2, 0.25) is 0 Å². The lowest BCUT2D eigenvalue weighted by atomic mass is 10.1. The molecule has 140 valence electrons.